The molecule has 1 atom stereocenters. The first-order chi connectivity index (χ1) is 6.43. The molecule has 14 heavy (non-hydrogen) atoms. The van der Waals surface area contributed by atoms with Crippen LogP contribution in [0.3, 0.4) is 0 Å². The predicted molar refractivity (Wildman–Crippen MR) is 54.2 cm³/mol. The number of hydrogen-bond acceptors (Lipinski definition) is 3. The second kappa shape index (κ2) is 6.54. The number of carbonyl (C=O) groups is 2. The third kappa shape index (κ3) is 6.60. The zero-order valence-electron chi connectivity index (χ0n) is 9.04. The van der Waals surface area contributed by atoms with Gasteiger partial charge in [-0.05, 0) is 25.8 Å². The summed E-state index contributed by atoms with van der Waals surface area (Å²) < 4.78 is 0. The summed E-state index contributed by atoms with van der Waals surface area (Å²) in [5.41, 5.74) is 0. The molecule has 0 aromatic heterocycles. The number of aliphatic carboxylic acids is 1. The largest absolute Gasteiger partial charge is 0.480 e. The van der Waals surface area contributed by atoms with E-state index in [-0.39, 0.29) is 12.2 Å². The maximum Gasteiger partial charge on any atom is 0.321 e. The fraction of sp³-hybridized carbons (Fsp3) is 0.800. The molecular weight excluding hydrogens is 182 g/mol. The zero-order valence-corrected chi connectivity index (χ0v) is 9.04. The Morgan fingerprint density at radius 2 is 1.93 bits per heavy atom. The molecule has 0 aromatic rings. The average Bonchev–Trinajstić information content (AvgIpc) is 2.00. The van der Waals surface area contributed by atoms with Crippen LogP contribution >= 0.6 is 0 Å². The highest BCUT2D eigenvalue weighted by Gasteiger charge is 2.18. The van der Waals surface area contributed by atoms with Gasteiger partial charge in [0.25, 0.3) is 0 Å². The van der Waals surface area contributed by atoms with Crippen molar-refractivity contribution in [1.29, 1.82) is 0 Å². The number of ketones is 1. The van der Waals surface area contributed by atoms with Crippen molar-refractivity contribution in [2.75, 3.05) is 6.54 Å². The van der Waals surface area contributed by atoms with Crippen LogP contribution in [-0.4, -0.2) is 29.4 Å². The second-order valence-corrected chi connectivity index (χ2v) is 3.93. The summed E-state index contributed by atoms with van der Waals surface area (Å²) >= 11 is 0. The lowest BCUT2D eigenvalue weighted by Gasteiger charge is -2.13. The summed E-state index contributed by atoms with van der Waals surface area (Å²) in [6.45, 7) is 6.19. The van der Waals surface area contributed by atoms with Crippen molar-refractivity contribution in [3.63, 3.8) is 0 Å². The van der Waals surface area contributed by atoms with E-state index in [0.717, 1.165) is 6.42 Å². The molecule has 0 saturated heterocycles. The quantitative estimate of drug-likeness (QED) is 0.646. The monoisotopic (exact) mass is 201 g/mol. The molecule has 0 heterocycles. The lowest BCUT2D eigenvalue weighted by atomic mass is 10.1. The predicted octanol–water partition coefficient (Wildman–Crippen LogP) is 1.05. The molecule has 0 amide bonds. The second-order valence-electron chi connectivity index (χ2n) is 3.93. The first-order valence-electron chi connectivity index (χ1n) is 4.89. The van der Waals surface area contributed by atoms with E-state index in [1.165, 1.54) is 6.92 Å². The van der Waals surface area contributed by atoms with Gasteiger partial charge < -0.3 is 10.4 Å². The van der Waals surface area contributed by atoms with E-state index in [4.69, 9.17) is 5.11 Å². The molecule has 0 saturated carbocycles. The van der Waals surface area contributed by atoms with Gasteiger partial charge >= 0.3 is 5.97 Å². The highest BCUT2D eigenvalue weighted by molar-refractivity contribution is 5.84. The van der Waals surface area contributed by atoms with Crippen LogP contribution in [0.1, 0.15) is 33.6 Å². The number of carbonyl (C=O) groups excluding carboxylic acids is 1. The van der Waals surface area contributed by atoms with Crippen molar-refractivity contribution in [2.24, 2.45) is 5.92 Å². The van der Waals surface area contributed by atoms with Crippen LogP contribution in [0, 0.1) is 5.92 Å². The van der Waals surface area contributed by atoms with Crippen LogP contribution in [0.5, 0.6) is 0 Å². The van der Waals surface area contributed by atoms with Crippen molar-refractivity contribution < 1.29 is 14.7 Å². The smallest absolute Gasteiger partial charge is 0.321 e. The fourth-order valence-electron chi connectivity index (χ4n) is 1.08. The van der Waals surface area contributed by atoms with Crippen molar-refractivity contribution in [1.82, 2.24) is 5.32 Å². The van der Waals surface area contributed by atoms with Crippen LogP contribution in [-0.2, 0) is 9.59 Å². The van der Waals surface area contributed by atoms with Gasteiger partial charge in [0.2, 0.25) is 0 Å². The standard InChI is InChI=1S/C10H19NO3/c1-7(2)4-5-11-9(10(13)14)6-8(3)12/h7,9,11H,4-6H2,1-3H3,(H,13,14). The molecule has 0 radical (unpaired) electrons. The summed E-state index contributed by atoms with van der Waals surface area (Å²) in [6.07, 6.45) is 0.981. The van der Waals surface area contributed by atoms with Gasteiger partial charge in [0, 0.05) is 6.42 Å². The van der Waals surface area contributed by atoms with Gasteiger partial charge in [-0.2, -0.15) is 0 Å². The SMILES string of the molecule is CC(=O)CC(NCCC(C)C)C(=O)O. The molecule has 0 fully saturated rings. The van der Waals surface area contributed by atoms with E-state index in [2.05, 4.69) is 19.2 Å². The Bertz CT molecular complexity index is 202. The van der Waals surface area contributed by atoms with E-state index in [1.54, 1.807) is 0 Å². The Hall–Kier alpha value is -0.900. The molecule has 1 unspecified atom stereocenters. The number of carboxylic acid groups (broad SMARTS) is 1. The van der Waals surface area contributed by atoms with Gasteiger partial charge in [-0.25, -0.2) is 0 Å². The van der Waals surface area contributed by atoms with Crippen LogP contribution in [0.25, 0.3) is 0 Å². The molecule has 4 nitrogen and oxygen atoms in total. The van der Waals surface area contributed by atoms with Crippen molar-refractivity contribution in [2.45, 2.75) is 39.7 Å². The lowest BCUT2D eigenvalue weighted by Crippen LogP contribution is -2.38. The summed E-state index contributed by atoms with van der Waals surface area (Å²) in [5.74, 6) is -0.521. The Morgan fingerprint density at radius 1 is 1.36 bits per heavy atom. The maximum absolute atomic E-state index is 10.8. The minimum Gasteiger partial charge on any atom is -0.480 e. The lowest BCUT2D eigenvalue weighted by molar-refractivity contribution is -0.141. The molecule has 82 valence electrons. The Kier molecular flexibility index (Phi) is 6.12. The molecule has 0 aliphatic carbocycles. The van der Waals surface area contributed by atoms with Crippen molar-refractivity contribution in [3.05, 3.63) is 0 Å². The number of Topliss-reactive ketones (excluding diaryl/α,β-unsaturated/α-hetero) is 1. The third-order valence-electron chi connectivity index (χ3n) is 1.90. The van der Waals surface area contributed by atoms with Crippen LogP contribution in [0.15, 0.2) is 0 Å². The number of nitrogens with one attached hydrogen (secondary N) is 1. The number of rotatable bonds is 7. The highest BCUT2D eigenvalue weighted by atomic mass is 16.4. The molecule has 4 heteroatoms. The summed E-state index contributed by atoms with van der Waals surface area (Å²) in [4.78, 5) is 21.4. The fourth-order valence-corrected chi connectivity index (χ4v) is 1.08. The van der Waals surface area contributed by atoms with Crippen LogP contribution in [0.2, 0.25) is 0 Å². The molecular formula is C10H19NO3. The topological polar surface area (TPSA) is 66.4 Å². The minimum atomic E-state index is -0.955. The van der Waals surface area contributed by atoms with E-state index in [1.807, 2.05) is 0 Å². The van der Waals surface area contributed by atoms with Crippen LogP contribution in [0.4, 0.5) is 0 Å². The van der Waals surface area contributed by atoms with E-state index < -0.39 is 12.0 Å². The maximum atomic E-state index is 10.8. The molecule has 0 aliphatic rings. The third-order valence-corrected chi connectivity index (χ3v) is 1.90. The molecule has 0 aromatic carbocycles. The summed E-state index contributed by atoms with van der Waals surface area (Å²) in [6, 6.07) is -0.730. The van der Waals surface area contributed by atoms with Gasteiger partial charge in [-0.1, -0.05) is 13.8 Å². The van der Waals surface area contributed by atoms with E-state index in [0.29, 0.717) is 12.5 Å². The Labute approximate surface area is 84.7 Å². The van der Waals surface area contributed by atoms with Gasteiger partial charge in [0.15, 0.2) is 0 Å². The Morgan fingerprint density at radius 3 is 2.29 bits per heavy atom. The summed E-state index contributed by atoms with van der Waals surface area (Å²) in [5, 5.41) is 11.6. The van der Waals surface area contributed by atoms with Gasteiger partial charge in [-0.3, -0.25) is 9.59 Å². The normalized spacial score (nSPS) is 12.9. The molecule has 0 spiro atoms. The average molecular weight is 201 g/mol. The van der Waals surface area contributed by atoms with Gasteiger partial charge in [0.05, 0.1) is 0 Å². The molecule has 0 bridgehead atoms. The number of carboxylic acids is 1. The van der Waals surface area contributed by atoms with Crippen LogP contribution < -0.4 is 5.32 Å². The van der Waals surface area contributed by atoms with Gasteiger partial charge in [-0.15, -0.1) is 0 Å². The van der Waals surface area contributed by atoms with Gasteiger partial charge in [0.1, 0.15) is 11.8 Å². The first-order valence-corrected chi connectivity index (χ1v) is 4.89. The van der Waals surface area contributed by atoms with E-state index in [9.17, 15) is 9.59 Å². The molecule has 2 N–H and O–H groups in total. The molecule has 0 rings (SSSR count). The zero-order chi connectivity index (χ0) is 11.1. The Balaban J connectivity index is 3.86. The summed E-state index contributed by atoms with van der Waals surface area (Å²) in [7, 11) is 0. The number of hydrogen-bond donors (Lipinski definition) is 2. The van der Waals surface area contributed by atoms with Crippen molar-refractivity contribution >= 4 is 11.8 Å². The minimum absolute atomic E-state index is 0.0629. The van der Waals surface area contributed by atoms with Crippen molar-refractivity contribution in [3.8, 4) is 0 Å². The van der Waals surface area contributed by atoms with E-state index >= 15 is 0 Å². The highest BCUT2D eigenvalue weighted by Crippen LogP contribution is 1.99. The molecule has 0 aliphatic heterocycles. The first kappa shape index (κ1) is 13.1.